The third-order valence-electron chi connectivity index (χ3n) is 5.94. The van der Waals surface area contributed by atoms with E-state index in [1.807, 2.05) is 36.4 Å². The summed E-state index contributed by atoms with van der Waals surface area (Å²) in [6.45, 7) is 5.53. The van der Waals surface area contributed by atoms with Gasteiger partial charge in [-0.15, -0.1) is 0 Å². The lowest BCUT2D eigenvalue weighted by Crippen LogP contribution is -2.09. The summed E-state index contributed by atoms with van der Waals surface area (Å²) in [5.41, 5.74) is 2.18. The van der Waals surface area contributed by atoms with E-state index in [9.17, 15) is 9.18 Å². The van der Waals surface area contributed by atoms with E-state index >= 15 is 0 Å². The maximum atomic E-state index is 14.4. The quantitative estimate of drug-likeness (QED) is 0.121. The number of hydrogen-bond donors (Lipinski definition) is 0. The van der Waals surface area contributed by atoms with Crippen LogP contribution in [-0.2, 0) is 0 Å². The van der Waals surface area contributed by atoms with E-state index in [0.717, 1.165) is 61.7 Å². The number of rotatable bonds is 15. The van der Waals surface area contributed by atoms with Crippen LogP contribution in [0.2, 0.25) is 0 Å². The highest BCUT2D eigenvalue weighted by Gasteiger charge is 2.13. The number of ether oxygens (including phenoxy) is 3. The molecule has 0 unspecified atom stereocenters. The molecule has 0 radical (unpaired) electrons. The first kappa shape index (κ1) is 27.3. The van der Waals surface area contributed by atoms with E-state index in [1.54, 1.807) is 12.1 Å². The number of carbonyl (C=O) groups excluding carboxylic acids is 1. The van der Waals surface area contributed by atoms with Crippen molar-refractivity contribution in [3.8, 4) is 28.4 Å². The maximum absolute atomic E-state index is 14.4. The second-order valence-electron chi connectivity index (χ2n) is 8.90. The standard InChI is InChI=1S/C31H37FO4/c1-3-5-7-9-21-34-27-16-11-24(12-17-27)25-13-18-28(19-14-25)36-31(33)26-15-20-30(29(32)23-26)35-22-10-8-6-4-2/h11-20,23H,3-10,21-22H2,1-2H3. The number of carbonyl (C=O) groups is 1. The van der Waals surface area contributed by atoms with Gasteiger partial charge in [-0.05, 0) is 66.4 Å². The molecule has 0 saturated carbocycles. The molecule has 0 heterocycles. The van der Waals surface area contributed by atoms with Crippen LogP contribution in [0.25, 0.3) is 11.1 Å². The minimum Gasteiger partial charge on any atom is -0.494 e. The molecule has 0 atom stereocenters. The van der Waals surface area contributed by atoms with Crippen LogP contribution >= 0.6 is 0 Å². The van der Waals surface area contributed by atoms with Gasteiger partial charge in [0.1, 0.15) is 11.5 Å². The van der Waals surface area contributed by atoms with Gasteiger partial charge in [0, 0.05) is 0 Å². The predicted octanol–water partition coefficient (Wildman–Crippen LogP) is 8.63. The van der Waals surface area contributed by atoms with Crippen molar-refractivity contribution in [1.29, 1.82) is 0 Å². The Morgan fingerprint density at radius 3 is 1.78 bits per heavy atom. The van der Waals surface area contributed by atoms with Crippen LogP contribution in [0.15, 0.2) is 66.7 Å². The number of esters is 1. The van der Waals surface area contributed by atoms with Crippen LogP contribution < -0.4 is 14.2 Å². The molecule has 0 aromatic heterocycles. The minimum absolute atomic E-state index is 0.139. The van der Waals surface area contributed by atoms with Gasteiger partial charge < -0.3 is 14.2 Å². The molecular weight excluding hydrogens is 455 g/mol. The van der Waals surface area contributed by atoms with Crippen molar-refractivity contribution in [2.45, 2.75) is 65.2 Å². The predicted molar refractivity (Wildman–Crippen MR) is 143 cm³/mol. The summed E-state index contributed by atoms with van der Waals surface area (Å²) in [4.78, 5) is 12.5. The Bertz CT molecular complexity index is 1060. The van der Waals surface area contributed by atoms with Gasteiger partial charge in [-0.25, -0.2) is 9.18 Å². The molecule has 0 saturated heterocycles. The van der Waals surface area contributed by atoms with E-state index in [0.29, 0.717) is 12.4 Å². The van der Waals surface area contributed by atoms with Gasteiger partial charge in [0.25, 0.3) is 0 Å². The van der Waals surface area contributed by atoms with Gasteiger partial charge in [0.15, 0.2) is 11.6 Å². The number of halogens is 1. The Morgan fingerprint density at radius 1 is 0.667 bits per heavy atom. The fraction of sp³-hybridized carbons (Fsp3) is 0.387. The molecule has 0 fully saturated rings. The molecule has 0 amide bonds. The van der Waals surface area contributed by atoms with Crippen LogP contribution in [0.3, 0.4) is 0 Å². The monoisotopic (exact) mass is 492 g/mol. The van der Waals surface area contributed by atoms with Crippen LogP contribution in [-0.4, -0.2) is 19.2 Å². The first-order valence-corrected chi connectivity index (χ1v) is 13.1. The van der Waals surface area contributed by atoms with Crippen LogP contribution in [0.4, 0.5) is 4.39 Å². The Hall–Kier alpha value is -3.34. The largest absolute Gasteiger partial charge is 0.494 e. The topological polar surface area (TPSA) is 44.8 Å². The van der Waals surface area contributed by atoms with Crippen LogP contribution in [0.5, 0.6) is 17.2 Å². The highest BCUT2D eigenvalue weighted by Crippen LogP contribution is 2.26. The minimum atomic E-state index is -0.614. The van der Waals surface area contributed by atoms with E-state index in [-0.39, 0.29) is 11.3 Å². The van der Waals surface area contributed by atoms with Gasteiger partial charge in [-0.3, -0.25) is 0 Å². The molecule has 3 aromatic carbocycles. The highest BCUT2D eigenvalue weighted by molar-refractivity contribution is 5.91. The van der Waals surface area contributed by atoms with Crippen molar-refractivity contribution in [1.82, 2.24) is 0 Å². The molecule has 4 nitrogen and oxygen atoms in total. The molecule has 192 valence electrons. The summed E-state index contributed by atoms with van der Waals surface area (Å²) in [5.74, 6) is 0.231. The summed E-state index contributed by atoms with van der Waals surface area (Å²) >= 11 is 0. The Labute approximate surface area is 214 Å². The molecule has 3 aromatic rings. The molecule has 0 bridgehead atoms. The fourth-order valence-electron chi connectivity index (χ4n) is 3.80. The van der Waals surface area contributed by atoms with Crippen molar-refractivity contribution in [3.05, 3.63) is 78.1 Å². The fourth-order valence-corrected chi connectivity index (χ4v) is 3.80. The van der Waals surface area contributed by atoms with E-state index in [1.165, 1.54) is 31.4 Å². The number of benzene rings is 3. The molecule has 0 N–H and O–H groups in total. The van der Waals surface area contributed by atoms with Crippen LogP contribution in [0.1, 0.15) is 75.6 Å². The summed E-state index contributed by atoms with van der Waals surface area (Å²) in [5, 5.41) is 0. The van der Waals surface area contributed by atoms with Gasteiger partial charge in [-0.2, -0.15) is 0 Å². The van der Waals surface area contributed by atoms with Crippen LogP contribution in [0, 0.1) is 5.82 Å². The zero-order valence-electron chi connectivity index (χ0n) is 21.4. The normalized spacial score (nSPS) is 10.8. The summed E-state index contributed by atoms with van der Waals surface area (Å²) in [6, 6.07) is 19.4. The van der Waals surface area contributed by atoms with Crippen molar-refractivity contribution in [2.24, 2.45) is 0 Å². The summed E-state index contributed by atoms with van der Waals surface area (Å²) < 4.78 is 31.1. The SMILES string of the molecule is CCCCCCOc1ccc(-c2ccc(OC(=O)c3ccc(OCCCCCC)c(F)c3)cc2)cc1. The van der Waals surface area contributed by atoms with Gasteiger partial charge >= 0.3 is 5.97 Å². The second-order valence-corrected chi connectivity index (χ2v) is 8.90. The zero-order valence-corrected chi connectivity index (χ0v) is 21.4. The van der Waals surface area contributed by atoms with E-state index in [4.69, 9.17) is 14.2 Å². The van der Waals surface area contributed by atoms with Crippen molar-refractivity contribution < 1.29 is 23.4 Å². The zero-order chi connectivity index (χ0) is 25.6. The lowest BCUT2D eigenvalue weighted by molar-refractivity contribution is 0.0734. The number of hydrogen-bond acceptors (Lipinski definition) is 4. The second kappa shape index (κ2) is 14.9. The van der Waals surface area contributed by atoms with Gasteiger partial charge in [0.05, 0.1) is 18.8 Å². The third kappa shape index (κ3) is 8.71. The maximum Gasteiger partial charge on any atom is 0.343 e. The van der Waals surface area contributed by atoms with Gasteiger partial charge in [-0.1, -0.05) is 76.6 Å². The van der Waals surface area contributed by atoms with Crippen molar-refractivity contribution in [3.63, 3.8) is 0 Å². The molecule has 0 spiro atoms. The van der Waals surface area contributed by atoms with Gasteiger partial charge in [0.2, 0.25) is 0 Å². The molecular formula is C31H37FO4. The molecule has 5 heteroatoms. The Balaban J connectivity index is 1.50. The molecule has 36 heavy (non-hydrogen) atoms. The van der Waals surface area contributed by atoms with E-state index in [2.05, 4.69) is 13.8 Å². The molecule has 3 rings (SSSR count). The Kier molecular flexibility index (Phi) is 11.3. The number of unbranched alkanes of at least 4 members (excludes halogenated alkanes) is 6. The van der Waals surface area contributed by atoms with Crippen molar-refractivity contribution >= 4 is 5.97 Å². The Morgan fingerprint density at radius 2 is 1.22 bits per heavy atom. The third-order valence-corrected chi connectivity index (χ3v) is 5.94. The first-order chi connectivity index (χ1) is 17.6. The lowest BCUT2D eigenvalue weighted by Gasteiger charge is -2.10. The average molecular weight is 493 g/mol. The molecule has 0 aliphatic heterocycles. The molecule has 0 aliphatic rings. The lowest BCUT2D eigenvalue weighted by atomic mass is 10.1. The first-order valence-electron chi connectivity index (χ1n) is 13.1. The average Bonchev–Trinajstić information content (AvgIpc) is 2.90. The summed E-state index contributed by atoms with van der Waals surface area (Å²) in [6.07, 6.45) is 8.93. The van der Waals surface area contributed by atoms with E-state index < -0.39 is 11.8 Å². The van der Waals surface area contributed by atoms with Crippen molar-refractivity contribution in [2.75, 3.05) is 13.2 Å². The highest BCUT2D eigenvalue weighted by atomic mass is 19.1. The summed E-state index contributed by atoms with van der Waals surface area (Å²) in [7, 11) is 0. The molecule has 0 aliphatic carbocycles. The smallest absolute Gasteiger partial charge is 0.343 e.